The number of thioether (sulfide) groups is 1. The fraction of sp³-hybridized carbons (Fsp3) is 0.353. The van der Waals surface area contributed by atoms with Gasteiger partial charge in [-0.05, 0) is 18.6 Å². The highest BCUT2D eigenvalue weighted by molar-refractivity contribution is 7.99. The number of rotatable bonds is 7. The maximum absolute atomic E-state index is 12.0. The van der Waals surface area contributed by atoms with Crippen molar-refractivity contribution in [3.63, 3.8) is 0 Å². The predicted octanol–water partition coefficient (Wildman–Crippen LogP) is 1.59. The van der Waals surface area contributed by atoms with Crippen molar-refractivity contribution in [1.82, 2.24) is 20.4 Å². The number of aromatic nitrogens is 2. The fourth-order valence-electron chi connectivity index (χ4n) is 2.47. The maximum atomic E-state index is 12.0. The van der Waals surface area contributed by atoms with Gasteiger partial charge in [0.1, 0.15) is 0 Å². The number of hydrogen-bond acceptors (Lipinski definition) is 7. The van der Waals surface area contributed by atoms with E-state index in [0.717, 1.165) is 23.0 Å². The van der Waals surface area contributed by atoms with Crippen LogP contribution in [-0.2, 0) is 16.0 Å². The molecule has 0 unspecified atom stereocenters. The minimum atomic E-state index is -0.409. The molecule has 2 N–H and O–H groups in total. The number of nitrogens with zero attached hydrogens (tertiary/aromatic N) is 3. The highest BCUT2D eigenvalue weighted by Crippen LogP contribution is 2.18. The van der Waals surface area contributed by atoms with E-state index < -0.39 is 6.03 Å². The molecular formula is C17H19N5O4S. The van der Waals surface area contributed by atoms with Crippen LogP contribution < -0.4 is 10.6 Å². The van der Waals surface area contributed by atoms with Crippen LogP contribution in [0.4, 0.5) is 10.5 Å². The molecule has 27 heavy (non-hydrogen) atoms. The molecule has 0 aliphatic carbocycles. The van der Waals surface area contributed by atoms with E-state index in [9.17, 15) is 14.4 Å². The predicted molar refractivity (Wildman–Crippen MR) is 98.3 cm³/mol. The number of carbonyl (C=O) groups excluding carboxylic acids is 3. The third kappa shape index (κ3) is 5.30. The van der Waals surface area contributed by atoms with Crippen molar-refractivity contribution in [2.45, 2.75) is 25.0 Å². The summed E-state index contributed by atoms with van der Waals surface area (Å²) in [6, 6.07) is 7.12. The molecule has 1 fully saturated rings. The number of para-hydroxylation sites is 1. The van der Waals surface area contributed by atoms with Gasteiger partial charge in [0.15, 0.2) is 0 Å². The summed E-state index contributed by atoms with van der Waals surface area (Å²) in [5.41, 5.74) is 1.76. The lowest BCUT2D eigenvalue weighted by Crippen LogP contribution is -2.49. The minimum Gasteiger partial charge on any atom is -0.416 e. The zero-order valence-electron chi connectivity index (χ0n) is 14.7. The molecule has 1 aliphatic heterocycles. The van der Waals surface area contributed by atoms with Crippen molar-refractivity contribution >= 4 is 35.3 Å². The lowest BCUT2D eigenvalue weighted by Gasteiger charge is -2.25. The Balaban J connectivity index is 1.44. The Morgan fingerprint density at radius 2 is 2.15 bits per heavy atom. The van der Waals surface area contributed by atoms with Crippen molar-refractivity contribution in [3.05, 3.63) is 35.7 Å². The molecule has 0 atom stereocenters. The summed E-state index contributed by atoms with van der Waals surface area (Å²) in [7, 11) is 0. The van der Waals surface area contributed by atoms with Gasteiger partial charge >= 0.3 is 6.03 Å². The lowest BCUT2D eigenvalue weighted by molar-refractivity contribution is -0.121. The molecule has 1 aromatic heterocycles. The van der Waals surface area contributed by atoms with Gasteiger partial charge in [-0.25, -0.2) is 4.79 Å². The van der Waals surface area contributed by atoms with Gasteiger partial charge < -0.3 is 14.6 Å². The summed E-state index contributed by atoms with van der Waals surface area (Å²) in [4.78, 5) is 36.3. The molecule has 1 saturated heterocycles. The molecule has 0 radical (unpaired) electrons. The van der Waals surface area contributed by atoms with Crippen LogP contribution in [-0.4, -0.2) is 51.8 Å². The first-order valence-corrected chi connectivity index (χ1v) is 9.39. The molecule has 9 nitrogen and oxygen atoms in total. The van der Waals surface area contributed by atoms with E-state index in [0.29, 0.717) is 30.6 Å². The number of nitrogens with one attached hydrogen (secondary N) is 2. The van der Waals surface area contributed by atoms with Crippen molar-refractivity contribution in [3.8, 4) is 0 Å². The van der Waals surface area contributed by atoms with Crippen molar-refractivity contribution in [2.75, 3.05) is 24.2 Å². The number of anilines is 1. The van der Waals surface area contributed by atoms with Crippen LogP contribution >= 0.6 is 11.8 Å². The first kappa shape index (κ1) is 18.9. The number of amides is 4. The zero-order chi connectivity index (χ0) is 19.2. The van der Waals surface area contributed by atoms with E-state index in [1.165, 1.54) is 4.90 Å². The largest absolute Gasteiger partial charge is 0.416 e. The van der Waals surface area contributed by atoms with Gasteiger partial charge in [0.25, 0.3) is 5.22 Å². The standard InChI is InChI=1S/C17H19N5O4S/c1-11-4-2-3-5-12(11)18-14(24)10-27-17-21-20-15(26-17)7-9-22-8-6-13(23)19-16(22)25/h2-5H,6-10H2,1H3,(H,18,24)(H,19,23,25). The van der Waals surface area contributed by atoms with Gasteiger partial charge in [-0.15, -0.1) is 10.2 Å². The van der Waals surface area contributed by atoms with E-state index in [1.54, 1.807) is 0 Å². The molecule has 1 aliphatic rings. The number of carbonyl (C=O) groups is 3. The molecule has 0 spiro atoms. The zero-order valence-corrected chi connectivity index (χ0v) is 15.5. The quantitative estimate of drug-likeness (QED) is 0.691. The molecule has 0 bridgehead atoms. The summed E-state index contributed by atoms with van der Waals surface area (Å²) in [6.45, 7) is 2.67. The van der Waals surface area contributed by atoms with E-state index in [1.807, 2.05) is 31.2 Å². The Kier molecular flexibility index (Phi) is 6.07. The van der Waals surface area contributed by atoms with E-state index >= 15 is 0 Å². The summed E-state index contributed by atoms with van der Waals surface area (Å²) in [5, 5.41) is 13.2. The highest BCUT2D eigenvalue weighted by Gasteiger charge is 2.23. The summed E-state index contributed by atoms with van der Waals surface area (Å²) >= 11 is 1.15. The van der Waals surface area contributed by atoms with Crippen LogP contribution in [0.2, 0.25) is 0 Å². The third-order valence-corrected chi connectivity index (χ3v) is 4.75. The van der Waals surface area contributed by atoms with Crippen molar-refractivity contribution < 1.29 is 18.8 Å². The smallest absolute Gasteiger partial charge is 0.324 e. The Morgan fingerprint density at radius 3 is 2.93 bits per heavy atom. The summed E-state index contributed by atoms with van der Waals surface area (Å²) in [5.74, 6) is 0.0917. The normalized spacial score (nSPS) is 14.2. The van der Waals surface area contributed by atoms with Crippen LogP contribution in [0.3, 0.4) is 0 Å². The maximum Gasteiger partial charge on any atom is 0.324 e. The number of urea groups is 1. The lowest BCUT2D eigenvalue weighted by atomic mass is 10.2. The fourth-order valence-corrected chi connectivity index (χ4v) is 3.05. The van der Waals surface area contributed by atoms with Crippen LogP contribution in [0.1, 0.15) is 17.9 Å². The molecule has 0 saturated carbocycles. The molecule has 142 valence electrons. The third-order valence-electron chi connectivity index (χ3n) is 3.93. The van der Waals surface area contributed by atoms with Gasteiger partial charge in [0, 0.05) is 31.6 Å². The molecule has 4 amide bonds. The van der Waals surface area contributed by atoms with Gasteiger partial charge in [-0.3, -0.25) is 14.9 Å². The summed E-state index contributed by atoms with van der Waals surface area (Å²) in [6.07, 6.45) is 0.664. The van der Waals surface area contributed by atoms with Crippen molar-refractivity contribution in [1.29, 1.82) is 0 Å². The molecule has 10 heteroatoms. The van der Waals surface area contributed by atoms with Crippen LogP contribution in [0, 0.1) is 6.92 Å². The number of benzene rings is 1. The van der Waals surface area contributed by atoms with Crippen LogP contribution in [0.5, 0.6) is 0 Å². The second-order valence-electron chi connectivity index (χ2n) is 5.95. The van der Waals surface area contributed by atoms with Crippen molar-refractivity contribution in [2.24, 2.45) is 0 Å². The van der Waals surface area contributed by atoms with Gasteiger partial charge in [0.05, 0.1) is 5.75 Å². The van der Waals surface area contributed by atoms with E-state index in [4.69, 9.17) is 4.42 Å². The molecule has 2 aromatic rings. The molecule has 2 heterocycles. The second-order valence-corrected chi connectivity index (χ2v) is 6.88. The average molecular weight is 389 g/mol. The monoisotopic (exact) mass is 389 g/mol. The van der Waals surface area contributed by atoms with E-state index in [2.05, 4.69) is 20.8 Å². The Morgan fingerprint density at radius 1 is 1.33 bits per heavy atom. The Hall–Kier alpha value is -2.88. The highest BCUT2D eigenvalue weighted by atomic mass is 32.2. The minimum absolute atomic E-state index is 0.145. The molecule has 3 rings (SSSR count). The molecular weight excluding hydrogens is 370 g/mol. The first-order chi connectivity index (χ1) is 13.0. The second kappa shape index (κ2) is 8.67. The first-order valence-electron chi connectivity index (χ1n) is 8.40. The van der Waals surface area contributed by atoms with Gasteiger partial charge in [-0.1, -0.05) is 30.0 Å². The average Bonchev–Trinajstić information content (AvgIpc) is 3.09. The topological polar surface area (TPSA) is 117 Å². The SMILES string of the molecule is Cc1ccccc1NC(=O)CSc1nnc(CCN2CCC(=O)NC2=O)o1. The Labute approximate surface area is 159 Å². The van der Waals surface area contributed by atoms with Gasteiger partial charge in [-0.2, -0.15) is 0 Å². The van der Waals surface area contributed by atoms with Crippen LogP contribution in [0.15, 0.2) is 33.9 Å². The molecule has 1 aromatic carbocycles. The number of imide groups is 1. The van der Waals surface area contributed by atoms with Crippen LogP contribution in [0.25, 0.3) is 0 Å². The Bertz CT molecular complexity index is 853. The van der Waals surface area contributed by atoms with Gasteiger partial charge in [0.2, 0.25) is 17.7 Å². The number of aryl methyl sites for hydroxylation is 1. The number of hydrogen-bond donors (Lipinski definition) is 2. The summed E-state index contributed by atoms with van der Waals surface area (Å²) < 4.78 is 5.49. The van der Waals surface area contributed by atoms with E-state index in [-0.39, 0.29) is 24.0 Å².